The maximum Gasteiger partial charge on any atom is 0.152 e. The third-order valence-electron chi connectivity index (χ3n) is 4.65. The molecule has 3 rings (SSSR count). The van der Waals surface area contributed by atoms with Crippen molar-refractivity contribution in [3.8, 4) is 0 Å². The molecule has 1 saturated carbocycles. The Balaban J connectivity index is 1.96. The van der Waals surface area contributed by atoms with Crippen molar-refractivity contribution in [1.29, 1.82) is 0 Å². The van der Waals surface area contributed by atoms with E-state index >= 15 is 0 Å². The molecule has 1 fully saturated rings. The number of aromatic nitrogens is 2. The SMILES string of the molecule is CC(C)C(C)N(C)c1nc2ccccn2c1CNC1CC1. The van der Waals surface area contributed by atoms with Gasteiger partial charge in [-0.3, -0.25) is 0 Å². The highest BCUT2D eigenvalue weighted by atomic mass is 15.2. The zero-order valence-electron chi connectivity index (χ0n) is 13.5. The van der Waals surface area contributed by atoms with Crippen LogP contribution in [0.25, 0.3) is 5.65 Å². The average Bonchev–Trinajstić information content (AvgIpc) is 3.23. The van der Waals surface area contributed by atoms with Crippen LogP contribution >= 0.6 is 0 Å². The van der Waals surface area contributed by atoms with Crippen molar-refractivity contribution in [2.45, 2.75) is 52.2 Å². The Morgan fingerprint density at radius 3 is 2.76 bits per heavy atom. The van der Waals surface area contributed by atoms with E-state index in [2.05, 4.69) is 66.8 Å². The van der Waals surface area contributed by atoms with Crippen molar-refractivity contribution >= 4 is 11.5 Å². The zero-order valence-corrected chi connectivity index (χ0v) is 13.5. The second kappa shape index (κ2) is 5.68. The van der Waals surface area contributed by atoms with Crippen molar-refractivity contribution in [1.82, 2.24) is 14.7 Å². The van der Waals surface area contributed by atoms with Crippen LogP contribution in [-0.2, 0) is 6.54 Å². The predicted molar refractivity (Wildman–Crippen MR) is 87.8 cm³/mol. The first-order valence-electron chi connectivity index (χ1n) is 8.00. The van der Waals surface area contributed by atoms with Crippen LogP contribution in [-0.4, -0.2) is 28.5 Å². The van der Waals surface area contributed by atoms with Crippen LogP contribution in [0.1, 0.15) is 39.3 Å². The summed E-state index contributed by atoms with van der Waals surface area (Å²) in [4.78, 5) is 7.18. The number of hydrogen-bond acceptors (Lipinski definition) is 3. The van der Waals surface area contributed by atoms with Gasteiger partial charge in [-0.1, -0.05) is 19.9 Å². The lowest BCUT2D eigenvalue weighted by molar-refractivity contribution is 0.501. The monoisotopic (exact) mass is 286 g/mol. The predicted octanol–water partition coefficient (Wildman–Crippen LogP) is 3.07. The fourth-order valence-corrected chi connectivity index (χ4v) is 2.65. The Morgan fingerprint density at radius 1 is 1.33 bits per heavy atom. The van der Waals surface area contributed by atoms with E-state index < -0.39 is 0 Å². The van der Waals surface area contributed by atoms with Crippen LogP contribution < -0.4 is 10.2 Å². The van der Waals surface area contributed by atoms with Crippen molar-refractivity contribution < 1.29 is 0 Å². The molecule has 0 bridgehead atoms. The van der Waals surface area contributed by atoms with Crippen LogP contribution in [0, 0.1) is 5.92 Å². The summed E-state index contributed by atoms with van der Waals surface area (Å²) in [7, 11) is 2.16. The van der Waals surface area contributed by atoms with Crippen molar-refractivity contribution in [2.24, 2.45) is 5.92 Å². The van der Waals surface area contributed by atoms with E-state index in [4.69, 9.17) is 4.98 Å². The Morgan fingerprint density at radius 2 is 2.10 bits per heavy atom. The minimum absolute atomic E-state index is 0.467. The van der Waals surface area contributed by atoms with E-state index in [1.165, 1.54) is 18.5 Å². The Labute approximate surface area is 127 Å². The van der Waals surface area contributed by atoms with E-state index in [1.54, 1.807) is 0 Å². The van der Waals surface area contributed by atoms with Crippen LogP contribution in [0.15, 0.2) is 24.4 Å². The molecule has 1 N–H and O–H groups in total. The van der Waals surface area contributed by atoms with Gasteiger partial charge < -0.3 is 14.6 Å². The summed E-state index contributed by atoms with van der Waals surface area (Å²) in [6.07, 6.45) is 4.73. The van der Waals surface area contributed by atoms with Crippen LogP contribution in [0.2, 0.25) is 0 Å². The summed E-state index contributed by atoms with van der Waals surface area (Å²) in [5, 5.41) is 3.63. The number of hydrogen-bond donors (Lipinski definition) is 1. The minimum Gasteiger partial charge on any atom is -0.355 e. The molecule has 1 atom stereocenters. The lowest BCUT2D eigenvalue weighted by atomic mass is 10.1. The summed E-state index contributed by atoms with van der Waals surface area (Å²) in [6, 6.07) is 7.38. The molecule has 2 aromatic rings. The van der Waals surface area contributed by atoms with Crippen molar-refractivity contribution in [3.05, 3.63) is 30.1 Å². The number of fused-ring (bicyclic) bond motifs is 1. The largest absolute Gasteiger partial charge is 0.355 e. The highest BCUT2D eigenvalue weighted by Gasteiger charge is 2.24. The van der Waals surface area contributed by atoms with Gasteiger partial charge in [0.25, 0.3) is 0 Å². The normalized spacial score (nSPS) is 16.6. The van der Waals surface area contributed by atoms with Gasteiger partial charge in [0.1, 0.15) is 5.65 Å². The van der Waals surface area contributed by atoms with Gasteiger partial charge in [0.05, 0.1) is 5.69 Å². The summed E-state index contributed by atoms with van der Waals surface area (Å²) in [5.41, 5.74) is 2.30. The van der Waals surface area contributed by atoms with E-state index in [9.17, 15) is 0 Å². The molecule has 0 aromatic carbocycles. The van der Waals surface area contributed by atoms with Gasteiger partial charge in [-0.05, 0) is 37.8 Å². The first kappa shape index (κ1) is 14.4. The molecule has 1 aliphatic carbocycles. The van der Waals surface area contributed by atoms with Crippen LogP contribution in [0.4, 0.5) is 5.82 Å². The smallest absolute Gasteiger partial charge is 0.152 e. The number of nitrogens with zero attached hydrogens (tertiary/aromatic N) is 3. The maximum absolute atomic E-state index is 4.86. The molecule has 0 aliphatic heterocycles. The fourth-order valence-electron chi connectivity index (χ4n) is 2.65. The van der Waals surface area contributed by atoms with Gasteiger partial charge in [0.2, 0.25) is 0 Å². The number of pyridine rings is 1. The van der Waals surface area contributed by atoms with Crippen molar-refractivity contribution in [2.75, 3.05) is 11.9 Å². The minimum atomic E-state index is 0.467. The first-order chi connectivity index (χ1) is 10.1. The molecule has 4 nitrogen and oxygen atoms in total. The van der Waals surface area contributed by atoms with Gasteiger partial charge in [-0.25, -0.2) is 4.98 Å². The molecule has 2 aromatic heterocycles. The average molecular weight is 286 g/mol. The lowest BCUT2D eigenvalue weighted by Crippen LogP contribution is -2.34. The van der Waals surface area contributed by atoms with Gasteiger partial charge in [0, 0.05) is 31.9 Å². The molecule has 1 aliphatic rings. The number of nitrogens with one attached hydrogen (secondary N) is 1. The second-order valence-corrected chi connectivity index (χ2v) is 6.56. The van der Waals surface area contributed by atoms with Crippen molar-refractivity contribution in [3.63, 3.8) is 0 Å². The number of rotatable bonds is 6. The molecule has 0 saturated heterocycles. The Kier molecular flexibility index (Phi) is 3.89. The van der Waals surface area contributed by atoms with Gasteiger partial charge in [-0.2, -0.15) is 0 Å². The quantitative estimate of drug-likeness (QED) is 0.886. The number of imidazole rings is 1. The first-order valence-corrected chi connectivity index (χ1v) is 8.00. The zero-order chi connectivity index (χ0) is 15.0. The summed E-state index contributed by atoms with van der Waals surface area (Å²) < 4.78 is 2.22. The topological polar surface area (TPSA) is 32.6 Å². The summed E-state index contributed by atoms with van der Waals surface area (Å²) in [5.74, 6) is 1.71. The van der Waals surface area contributed by atoms with E-state index in [-0.39, 0.29) is 0 Å². The molecular weight excluding hydrogens is 260 g/mol. The van der Waals surface area contributed by atoms with Gasteiger partial charge >= 0.3 is 0 Å². The molecule has 21 heavy (non-hydrogen) atoms. The molecule has 4 heteroatoms. The van der Waals surface area contributed by atoms with Crippen LogP contribution in [0.3, 0.4) is 0 Å². The van der Waals surface area contributed by atoms with Gasteiger partial charge in [-0.15, -0.1) is 0 Å². The molecule has 2 heterocycles. The van der Waals surface area contributed by atoms with E-state index in [0.29, 0.717) is 18.0 Å². The molecular formula is C17H26N4. The summed E-state index contributed by atoms with van der Waals surface area (Å²) >= 11 is 0. The lowest BCUT2D eigenvalue weighted by Gasteiger charge is -2.29. The fraction of sp³-hybridized carbons (Fsp3) is 0.588. The molecule has 0 radical (unpaired) electrons. The third kappa shape index (κ3) is 2.91. The Hall–Kier alpha value is -1.55. The molecule has 0 amide bonds. The molecule has 0 spiro atoms. The standard InChI is InChI=1S/C17H26N4/c1-12(2)13(3)20(4)17-15(11-18-14-8-9-14)21-10-6-5-7-16(21)19-17/h5-7,10,12-14,18H,8-9,11H2,1-4H3. The Bertz CT molecular complexity index is 612. The molecule has 114 valence electrons. The van der Waals surface area contributed by atoms with E-state index in [0.717, 1.165) is 18.0 Å². The second-order valence-electron chi connectivity index (χ2n) is 6.56. The summed E-state index contributed by atoms with van der Waals surface area (Å²) in [6.45, 7) is 7.69. The maximum atomic E-state index is 4.86. The van der Waals surface area contributed by atoms with E-state index in [1.807, 2.05) is 0 Å². The highest BCUT2D eigenvalue weighted by molar-refractivity contribution is 5.56. The van der Waals surface area contributed by atoms with Gasteiger partial charge in [0.15, 0.2) is 5.82 Å². The van der Waals surface area contributed by atoms with Crippen LogP contribution in [0.5, 0.6) is 0 Å². The number of anilines is 1. The molecule has 1 unspecified atom stereocenters. The third-order valence-corrected chi connectivity index (χ3v) is 4.65. The highest BCUT2D eigenvalue weighted by Crippen LogP contribution is 2.26.